The quantitative estimate of drug-likeness (QED) is 0.806. The van der Waals surface area contributed by atoms with E-state index in [2.05, 4.69) is 0 Å². The lowest BCUT2D eigenvalue weighted by Crippen LogP contribution is -2.34. The highest BCUT2D eigenvalue weighted by atomic mass is 16.5. The zero-order valence-corrected chi connectivity index (χ0v) is 12.6. The Morgan fingerprint density at radius 1 is 1.27 bits per heavy atom. The van der Waals surface area contributed by atoms with Gasteiger partial charge in [0.15, 0.2) is 0 Å². The molecule has 1 atom stereocenters. The van der Waals surface area contributed by atoms with Crippen LogP contribution >= 0.6 is 0 Å². The lowest BCUT2D eigenvalue weighted by atomic mass is 9.99. The highest BCUT2D eigenvalue weighted by molar-refractivity contribution is 6.01. The molecule has 2 aliphatic rings. The van der Waals surface area contributed by atoms with E-state index >= 15 is 0 Å². The van der Waals surface area contributed by atoms with E-state index in [0.29, 0.717) is 12.1 Å². The van der Waals surface area contributed by atoms with E-state index in [1.165, 1.54) is 0 Å². The zero-order chi connectivity index (χ0) is 15.7. The van der Waals surface area contributed by atoms with Gasteiger partial charge in [-0.1, -0.05) is 35.9 Å². The molecule has 1 aliphatic heterocycles. The normalized spacial score (nSPS) is 20.1. The number of benzene rings is 1. The number of carbonyl (C=O) groups excluding carboxylic acids is 2. The average molecular weight is 295 g/mol. The van der Waals surface area contributed by atoms with E-state index in [4.69, 9.17) is 4.74 Å². The summed E-state index contributed by atoms with van der Waals surface area (Å²) < 4.78 is 5.43. The van der Waals surface area contributed by atoms with Crippen LogP contribution in [0.15, 0.2) is 65.5 Å². The van der Waals surface area contributed by atoms with Crippen LogP contribution in [0.4, 0.5) is 0 Å². The number of ether oxygens (including phenoxy) is 1. The first-order valence-electron chi connectivity index (χ1n) is 7.30. The molecule has 0 saturated heterocycles. The molecule has 1 aliphatic carbocycles. The number of hydrogen-bond donors (Lipinski definition) is 0. The first-order valence-corrected chi connectivity index (χ1v) is 7.30. The van der Waals surface area contributed by atoms with Crippen LogP contribution in [0.1, 0.15) is 24.2 Å². The van der Waals surface area contributed by atoms with Crippen LogP contribution in [0.3, 0.4) is 0 Å². The van der Waals surface area contributed by atoms with Gasteiger partial charge in [0, 0.05) is 12.1 Å². The van der Waals surface area contributed by atoms with Gasteiger partial charge < -0.3 is 9.64 Å². The second kappa shape index (κ2) is 5.64. The van der Waals surface area contributed by atoms with E-state index in [1.807, 2.05) is 38.1 Å². The third-order valence-electron chi connectivity index (χ3n) is 3.84. The molecule has 0 saturated carbocycles. The molecule has 1 amide bonds. The van der Waals surface area contributed by atoms with Gasteiger partial charge in [0.2, 0.25) is 5.76 Å². The van der Waals surface area contributed by atoms with Crippen LogP contribution in [0.25, 0.3) is 0 Å². The van der Waals surface area contributed by atoms with Crippen LogP contribution in [-0.2, 0) is 9.53 Å². The monoisotopic (exact) mass is 295 g/mol. The van der Waals surface area contributed by atoms with Crippen molar-refractivity contribution in [1.82, 2.24) is 4.90 Å². The topological polar surface area (TPSA) is 46.6 Å². The Hall–Kier alpha value is -2.62. The minimum atomic E-state index is -0.506. The third-order valence-corrected chi connectivity index (χ3v) is 3.84. The van der Waals surface area contributed by atoms with E-state index in [0.717, 1.165) is 11.1 Å². The molecule has 0 radical (unpaired) electrons. The molecule has 1 unspecified atom stereocenters. The Labute approximate surface area is 129 Å². The number of likely N-dealkylation sites (N-methyl/N-ethyl adjacent to an activating group) is 1. The van der Waals surface area contributed by atoms with Crippen LogP contribution in [0, 0.1) is 0 Å². The summed E-state index contributed by atoms with van der Waals surface area (Å²) >= 11 is 0. The van der Waals surface area contributed by atoms with Gasteiger partial charge in [0.25, 0.3) is 5.91 Å². The van der Waals surface area contributed by atoms with Crippen molar-refractivity contribution in [1.29, 1.82) is 0 Å². The summed E-state index contributed by atoms with van der Waals surface area (Å²) in [7, 11) is 0. The molecule has 0 fully saturated rings. The van der Waals surface area contributed by atoms with Crippen molar-refractivity contribution in [3.63, 3.8) is 0 Å². The average Bonchev–Trinajstić information content (AvgIpc) is 2.79. The summed E-state index contributed by atoms with van der Waals surface area (Å²) in [6, 6.07) is 8.55. The summed E-state index contributed by atoms with van der Waals surface area (Å²) in [4.78, 5) is 26.4. The summed E-state index contributed by atoms with van der Waals surface area (Å²) in [5, 5.41) is 0. The molecule has 0 N–H and O–H groups in total. The van der Waals surface area contributed by atoms with Crippen LogP contribution in [0.2, 0.25) is 0 Å². The van der Waals surface area contributed by atoms with Gasteiger partial charge in [0.05, 0.1) is 11.6 Å². The smallest absolute Gasteiger partial charge is 0.343 e. The molecule has 4 heteroatoms. The number of nitrogens with zero attached hydrogens (tertiary/aromatic N) is 1. The van der Waals surface area contributed by atoms with Crippen molar-refractivity contribution < 1.29 is 14.3 Å². The number of rotatable bonds is 3. The van der Waals surface area contributed by atoms with E-state index < -0.39 is 5.97 Å². The van der Waals surface area contributed by atoms with Gasteiger partial charge in [-0.05, 0) is 32.1 Å². The molecule has 1 aromatic rings. The van der Waals surface area contributed by atoms with Crippen LogP contribution in [0.5, 0.6) is 0 Å². The van der Waals surface area contributed by atoms with Crippen molar-refractivity contribution in [2.24, 2.45) is 0 Å². The minimum absolute atomic E-state index is 0.139. The fraction of sp³-hybridized carbons (Fsp3) is 0.222. The van der Waals surface area contributed by atoms with E-state index in [1.54, 1.807) is 29.2 Å². The van der Waals surface area contributed by atoms with Gasteiger partial charge in [-0.15, -0.1) is 0 Å². The first-order chi connectivity index (χ1) is 10.6. The maximum Gasteiger partial charge on any atom is 0.343 e. The summed E-state index contributed by atoms with van der Waals surface area (Å²) in [6.07, 6.45) is 5.85. The lowest BCUT2D eigenvalue weighted by Gasteiger charge is -2.23. The van der Waals surface area contributed by atoms with Gasteiger partial charge in [0.1, 0.15) is 0 Å². The maximum absolute atomic E-state index is 12.5. The molecular formula is C18H17NO3. The summed E-state index contributed by atoms with van der Waals surface area (Å²) in [5.41, 5.74) is 2.23. The second-order valence-electron chi connectivity index (χ2n) is 5.32. The van der Waals surface area contributed by atoms with Crippen molar-refractivity contribution in [3.8, 4) is 0 Å². The van der Waals surface area contributed by atoms with Crippen molar-refractivity contribution in [2.75, 3.05) is 6.54 Å². The highest BCUT2D eigenvalue weighted by Gasteiger charge is 2.39. The number of carbonyl (C=O) groups is 2. The van der Waals surface area contributed by atoms with E-state index in [-0.39, 0.29) is 17.7 Å². The second-order valence-corrected chi connectivity index (χ2v) is 5.32. The molecule has 4 nitrogen and oxygen atoms in total. The maximum atomic E-state index is 12.5. The van der Waals surface area contributed by atoms with Crippen molar-refractivity contribution in [2.45, 2.75) is 19.9 Å². The predicted molar refractivity (Wildman–Crippen MR) is 83.0 cm³/mol. The Balaban J connectivity index is 1.94. The SMILES string of the molecule is CCN1C(=O)C(OC(=O)c2ccccc2)=C2C=C(C)C=CC21. The number of amides is 1. The predicted octanol–water partition coefficient (Wildman–Crippen LogP) is 2.84. The molecular weight excluding hydrogens is 278 g/mol. The summed E-state index contributed by atoms with van der Waals surface area (Å²) in [5.74, 6) is -0.597. The van der Waals surface area contributed by atoms with Gasteiger partial charge in [-0.25, -0.2) is 4.79 Å². The number of esters is 1. The standard InChI is InChI=1S/C18H17NO3/c1-3-19-15-10-9-12(2)11-14(15)16(17(19)20)22-18(21)13-7-5-4-6-8-13/h4-11,15H,3H2,1-2H3. The molecule has 1 aromatic carbocycles. The van der Waals surface area contributed by atoms with Crippen LogP contribution < -0.4 is 0 Å². The summed E-state index contributed by atoms with van der Waals surface area (Å²) in [6.45, 7) is 4.43. The molecule has 3 rings (SSSR count). The Morgan fingerprint density at radius 3 is 2.68 bits per heavy atom. The molecule has 1 heterocycles. The molecule has 0 bridgehead atoms. The third kappa shape index (κ3) is 2.37. The molecule has 0 spiro atoms. The largest absolute Gasteiger partial charge is 0.417 e. The minimum Gasteiger partial charge on any atom is -0.417 e. The van der Waals surface area contributed by atoms with Gasteiger partial charge in [-0.3, -0.25) is 4.79 Å². The Bertz CT molecular complexity index is 713. The zero-order valence-electron chi connectivity index (χ0n) is 12.6. The van der Waals surface area contributed by atoms with Gasteiger partial charge in [-0.2, -0.15) is 0 Å². The number of allylic oxidation sites excluding steroid dienone is 2. The van der Waals surface area contributed by atoms with Crippen molar-refractivity contribution >= 4 is 11.9 Å². The number of hydrogen-bond acceptors (Lipinski definition) is 3. The highest BCUT2D eigenvalue weighted by Crippen LogP contribution is 2.32. The molecule has 0 aromatic heterocycles. The fourth-order valence-corrected chi connectivity index (χ4v) is 2.75. The Morgan fingerprint density at radius 2 is 2.00 bits per heavy atom. The van der Waals surface area contributed by atoms with Crippen molar-refractivity contribution in [3.05, 3.63) is 71.0 Å². The van der Waals surface area contributed by atoms with E-state index in [9.17, 15) is 9.59 Å². The Kier molecular flexibility index (Phi) is 3.67. The number of fused-ring (bicyclic) bond motifs is 1. The van der Waals surface area contributed by atoms with Crippen LogP contribution in [-0.4, -0.2) is 29.4 Å². The molecule has 22 heavy (non-hydrogen) atoms. The van der Waals surface area contributed by atoms with Gasteiger partial charge >= 0.3 is 5.97 Å². The first kappa shape index (κ1) is 14.3. The fourth-order valence-electron chi connectivity index (χ4n) is 2.75. The lowest BCUT2D eigenvalue weighted by molar-refractivity contribution is -0.128. The molecule has 112 valence electrons.